The Kier molecular flexibility index (Phi) is 3.17. The van der Waals surface area contributed by atoms with Crippen molar-refractivity contribution in [3.63, 3.8) is 0 Å². The van der Waals surface area contributed by atoms with Gasteiger partial charge in [0.1, 0.15) is 5.75 Å². The van der Waals surface area contributed by atoms with Crippen LogP contribution in [0.2, 0.25) is 0 Å². The lowest BCUT2D eigenvalue weighted by atomic mass is 10.2. The largest absolute Gasteiger partial charge is 0.440 e. The third kappa shape index (κ3) is 2.82. The minimum Gasteiger partial charge on any atom is -0.440 e. The van der Waals surface area contributed by atoms with Crippen LogP contribution in [-0.4, -0.2) is 4.98 Å². The Labute approximate surface area is 102 Å². The van der Waals surface area contributed by atoms with Gasteiger partial charge in [-0.25, -0.2) is 0 Å². The number of benzene rings is 1. The molecular formula is C9H6Cl2NOPS. The Morgan fingerprint density at radius 3 is 2.73 bits per heavy atom. The summed E-state index contributed by atoms with van der Waals surface area (Å²) in [6, 6.07) is 9.19. The number of halogens is 2. The molecule has 2 nitrogen and oxygen atoms in total. The molecule has 0 aliphatic carbocycles. The van der Waals surface area contributed by atoms with Gasteiger partial charge >= 0.3 is 0 Å². The van der Waals surface area contributed by atoms with Crippen LogP contribution in [0.1, 0.15) is 0 Å². The van der Waals surface area contributed by atoms with Crippen molar-refractivity contribution >= 4 is 50.2 Å². The topological polar surface area (TPSA) is 22.1 Å². The molecule has 0 saturated heterocycles. The second-order valence-corrected chi connectivity index (χ2v) is 9.96. The number of pyridine rings is 1. The van der Waals surface area contributed by atoms with E-state index >= 15 is 0 Å². The summed E-state index contributed by atoms with van der Waals surface area (Å²) < 4.78 is 5.33. The Bertz CT molecular complexity index is 537. The lowest BCUT2D eigenvalue weighted by molar-refractivity contribution is 0.643. The summed E-state index contributed by atoms with van der Waals surface area (Å²) in [6.07, 6.45) is 1.71. The highest BCUT2D eigenvalue weighted by Crippen LogP contribution is 2.58. The van der Waals surface area contributed by atoms with Crippen LogP contribution >= 0.6 is 27.5 Å². The van der Waals surface area contributed by atoms with Gasteiger partial charge in [-0.15, -0.1) is 0 Å². The summed E-state index contributed by atoms with van der Waals surface area (Å²) >= 11 is 16.3. The summed E-state index contributed by atoms with van der Waals surface area (Å²) in [5.74, 6) is 0.578. The van der Waals surface area contributed by atoms with Gasteiger partial charge in [0.15, 0.2) is 0 Å². The maximum atomic E-state index is 5.72. The molecule has 0 bridgehead atoms. The van der Waals surface area contributed by atoms with E-state index in [4.69, 9.17) is 38.8 Å². The van der Waals surface area contributed by atoms with Gasteiger partial charge in [-0.1, -0.05) is 6.07 Å². The van der Waals surface area contributed by atoms with Gasteiger partial charge in [-0.2, -0.15) is 0 Å². The van der Waals surface area contributed by atoms with E-state index in [0.29, 0.717) is 5.75 Å². The van der Waals surface area contributed by atoms with E-state index in [-0.39, 0.29) is 0 Å². The van der Waals surface area contributed by atoms with Gasteiger partial charge in [0.2, 0.25) is 0 Å². The van der Waals surface area contributed by atoms with Crippen molar-refractivity contribution in [1.82, 2.24) is 4.98 Å². The molecule has 0 radical (unpaired) electrons. The molecule has 1 aromatic carbocycles. The minimum absolute atomic E-state index is 0.578. The van der Waals surface area contributed by atoms with Crippen LogP contribution in [0.15, 0.2) is 36.5 Å². The predicted octanol–water partition coefficient (Wildman–Crippen LogP) is 4.32. The Morgan fingerprint density at radius 1 is 1.20 bits per heavy atom. The lowest BCUT2D eigenvalue weighted by Gasteiger charge is -2.10. The quantitative estimate of drug-likeness (QED) is 0.764. The van der Waals surface area contributed by atoms with Crippen LogP contribution in [-0.2, 0) is 11.8 Å². The fourth-order valence-electron chi connectivity index (χ4n) is 1.27. The first-order valence-electron chi connectivity index (χ1n) is 4.09. The molecule has 0 saturated carbocycles. The Balaban J connectivity index is 2.56. The molecule has 0 aliphatic rings. The predicted molar refractivity (Wildman–Crippen MR) is 68.4 cm³/mol. The van der Waals surface area contributed by atoms with Crippen molar-refractivity contribution in [1.29, 1.82) is 0 Å². The molecule has 78 valence electrons. The number of fused-ring (bicyclic) bond motifs is 1. The van der Waals surface area contributed by atoms with Gasteiger partial charge in [-0.3, -0.25) is 4.98 Å². The van der Waals surface area contributed by atoms with Crippen molar-refractivity contribution in [3.05, 3.63) is 36.5 Å². The standard InChI is InChI=1S/C9H6Cl2NOPS/c10-14(11,15)13-9-5-1-4-8-7(9)3-2-6-12-8/h1-6H. The van der Waals surface area contributed by atoms with Crippen LogP contribution in [0.25, 0.3) is 10.9 Å². The molecule has 2 aromatic rings. The van der Waals surface area contributed by atoms with E-state index in [1.165, 1.54) is 0 Å². The van der Waals surface area contributed by atoms with Crippen molar-refractivity contribution in [2.24, 2.45) is 0 Å². The van der Waals surface area contributed by atoms with E-state index in [0.717, 1.165) is 10.9 Å². The summed E-state index contributed by atoms with van der Waals surface area (Å²) in [5, 5.41) is 0.857. The minimum atomic E-state index is -2.74. The average molecular weight is 278 g/mol. The number of rotatable bonds is 2. The normalized spacial score (nSPS) is 11.6. The van der Waals surface area contributed by atoms with Crippen LogP contribution in [0.4, 0.5) is 0 Å². The SMILES string of the molecule is S=P(Cl)(Cl)Oc1cccc2ncccc12. The molecule has 0 spiro atoms. The summed E-state index contributed by atoms with van der Waals surface area (Å²) in [4.78, 5) is 1.44. The molecular weight excluding hydrogens is 272 g/mol. The zero-order valence-electron chi connectivity index (χ0n) is 7.43. The second kappa shape index (κ2) is 4.26. The van der Waals surface area contributed by atoms with Crippen LogP contribution in [0, 0.1) is 0 Å². The van der Waals surface area contributed by atoms with Crippen LogP contribution in [0.5, 0.6) is 5.75 Å². The molecule has 2 rings (SSSR count). The third-order valence-corrected chi connectivity index (χ3v) is 2.86. The highest BCUT2D eigenvalue weighted by atomic mass is 35.9. The van der Waals surface area contributed by atoms with E-state index in [9.17, 15) is 0 Å². The Morgan fingerprint density at radius 2 is 2.00 bits per heavy atom. The zero-order valence-corrected chi connectivity index (χ0v) is 10.7. The molecule has 1 heterocycles. The maximum absolute atomic E-state index is 5.72. The van der Waals surface area contributed by atoms with Gasteiger partial charge in [-0.05, 0) is 58.6 Å². The maximum Gasteiger partial charge on any atom is 0.289 e. The smallest absolute Gasteiger partial charge is 0.289 e. The Hall–Kier alpha value is -0.340. The van der Waals surface area contributed by atoms with Crippen molar-refractivity contribution in [3.8, 4) is 5.75 Å². The van der Waals surface area contributed by atoms with E-state index in [1.54, 1.807) is 12.3 Å². The van der Waals surface area contributed by atoms with Crippen molar-refractivity contribution in [2.75, 3.05) is 0 Å². The fourth-order valence-corrected chi connectivity index (χ4v) is 2.34. The number of aromatic nitrogens is 1. The van der Waals surface area contributed by atoms with E-state index in [1.807, 2.05) is 24.3 Å². The van der Waals surface area contributed by atoms with Crippen LogP contribution in [0.3, 0.4) is 0 Å². The second-order valence-electron chi connectivity index (χ2n) is 2.83. The fraction of sp³-hybridized carbons (Fsp3) is 0. The highest BCUT2D eigenvalue weighted by molar-refractivity contribution is 8.36. The molecule has 0 aliphatic heterocycles. The zero-order chi connectivity index (χ0) is 10.9. The van der Waals surface area contributed by atoms with E-state index in [2.05, 4.69) is 4.98 Å². The summed E-state index contributed by atoms with van der Waals surface area (Å²) in [6.45, 7) is 0. The molecule has 0 fully saturated rings. The average Bonchev–Trinajstić information content (AvgIpc) is 2.16. The third-order valence-electron chi connectivity index (χ3n) is 1.81. The van der Waals surface area contributed by atoms with Gasteiger partial charge in [0.25, 0.3) is 4.97 Å². The molecule has 1 aromatic heterocycles. The van der Waals surface area contributed by atoms with Gasteiger partial charge in [0.05, 0.1) is 5.52 Å². The van der Waals surface area contributed by atoms with Gasteiger partial charge < -0.3 is 4.52 Å². The highest BCUT2D eigenvalue weighted by Gasteiger charge is 2.12. The van der Waals surface area contributed by atoms with Gasteiger partial charge in [0, 0.05) is 11.6 Å². The number of hydrogen-bond donors (Lipinski definition) is 0. The van der Waals surface area contributed by atoms with Crippen molar-refractivity contribution < 1.29 is 4.52 Å². The molecule has 0 amide bonds. The molecule has 0 atom stereocenters. The summed E-state index contributed by atoms with van der Waals surface area (Å²) in [7, 11) is 0. The summed E-state index contributed by atoms with van der Waals surface area (Å²) in [5.41, 5.74) is 0.826. The monoisotopic (exact) mass is 277 g/mol. The van der Waals surface area contributed by atoms with Crippen molar-refractivity contribution in [2.45, 2.75) is 0 Å². The molecule has 6 heteroatoms. The first kappa shape index (κ1) is 11.2. The molecule has 0 N–H and O–H groups in total. The first-order valence-corrected chi connectivity index (χ1v) is 8.62. The van der Waals surface area contributed by atoms with Crippen LogP contribution < -0.4 is 4.52 Å². The first-order chi connectivity index (χ1) is 7.06. The molecule has 0 unspecified atom stereocenters. The number of nitrogens with zero attached hydrogens (tertiary/aromatic N) is 1. The molecule has 15 heavy (non-hydrogen) atoms. The van der Waals surface area contributed by atoms with E-state index < -0.39 is 4.97 Å². The lowest BCUT2D eigenvalue weighted by Crippen LogP contribution is -1.84. The number of hydrogen-bond acceptors (Lipinski definition) is 3.